The first-order chi connectivity index (χ1) is 17.2. The lowest BCUT2D eigenvalue weighted by Crippen LogP contribution is -2.46. The van der Waals surface area contributed by atoms with Crippen LogP contribution in [0.3, 0.4) is 0 Å². The molecule has 0 amide bonds. The van der Waals surface area contributed by atoms with Gasteiger partial charge >= 0.3 is 0 Å². The monoisotopic (exact) mass is 514 g/mol. The third kappa shape index (κ3) is 5.20. The molecule has 0 fully saturated rings. The first kappa shape index (κ1) is 25.6. The Morgan fingerprint density at radius 3 is 1.75 bits per heavy atom. The van der Waals surface area contributed by atoms with E-state index in [0.717, 1.165) is 10.5 Å². The van der Waals surface area contributed by atoms with E-state index in [9.17, 15) is 18.0 Å². The molecule has 0 aromatic heterocycles. The number of Topliss-reactive ketones (excluding diaryl/α,β-unsaturated/α-hetero) is 1. The normalized spacial score (nSPS) is 13.1. The molecule has 1 unspecified atom stereocenters. The zero-order valence-corrected chi connectivity index (χ0v) is 21.7. The van der Waals surface area contributed by atoms with E-state index in [1.165, 1.54) is 18.7 Å². The molecule has 0 saturated carbocycles. The fourth-order valence-electron chi connectivity index (χ4n) is 3.82. The molecule has 0 aliphatic heterocycles. The molecule has 0 spiro atoms. The van der Waals surface area contributed by atoms with Crippen molar-refractivity contribution in [2.45, 2.75) is 28.4 Å². The molecular formula is C30H26O4S2. The van der Waals surface area contributed by atoms with Crippen molar-refractivity contribution in [2.75, 3.05) is 5.75 Å². The molecule has 4 aromatic carbocycles. The number of rotatable bonds is 9. The van der Waals surface area contributed by atoms with E-state index in [1.54, 1.807) is 91.0 Å². The maximum atomic E-state index is 13.8. The number of hydrogen-bond donors (Lipinski definition) is 0. The summed E-state index contributed by atoms with van der Waals surface area (Å²) in [6.45, 7) is 3.38. The van der Waals surface area contributed by atoms with Crippen LogP contribution in [0.25, 0.3) is 0 Å². The summed E-state index contributed by atoms with van der Waals surface area (Å²) in [4.78, 5) is 27.2. The van der Waals surface area contributed by atoms with Gasteiger partial charge < -0.3 is 0 Å². The van der Waals surface area contributed by atoms with Gasteiger partial charge in [-0.2, -0.15) is 0 Å². The van der Waals surface area contributed by atoms with Crippen LogP contribution in [0.5, 0.6) is 0 Å². The molecule has 182 valence electrons. The molecule has 4 rings (SSSR count). The highest BCUT2D eigenvalue weighted by atomic mass is 32.2. The van der Waals surface area contributed by atoms with Gasteiger partial charge in [-0.15, -0.1) is 11.8 Å². The molecule has 0 aliphatic rings. The van der Waals surface area contributed by atoms with E-state index in [1.807, 2.05) is 25.1 Å². The quantitative estimate of drug-likeness (QED) is 0.190. The first-order valence-electron chi connectivity index (χ1n) is 11.5. The summed E-state index contributed by atoms with van der Waals surface area (Å²) in [6, 6.07) is 31.1. The van der Waals surface area contributed by atoms with Crippen molar-refractivity contribution in [1.29, 1.82) is 0 Å². The van der Waals surface area contributed by atoms with Crippen molar-refractivity contribution >= 4 is 33.2 Å². The average Bonchev–Trinajstić information content (AvgIpc) is 2.92. The Morgan fingerprint density at radius 1 is 0.694 bits per heavy atom. The predicted molar refractivity (Wildman–Crippen MR) is 145 cm³/mol. The van der Waals surface area contributed by atoms with Crippen LogP contribution in [0, 0.1) is 6.92 Å². The molecule has 6 heteroatoms. The summed E-state index contributed by atoms with van der Waals surface area (Å²) in [5, 5.41) is 0. The summed E-state index contributed by atoms with van der Waals surface area (Å²) in [6.07, 6.45) is 0. The molecule has 0 saturated heterocycles. The molecule has 36 heavy (non-hydrogen) atoms. The topological polar surface area (TPSA) is 68.3 Å². The maximum Gasteiger partial charge on any atom is 0.193 e. The predicted octanol–water partition coefficient (Wildman–Crippen LogP) is 6.43. The number of carbonyl (C=O) groups excluding carboxylic acids is 2. The van der Waals surface area contributed by atoms with Gasteiger partial charge in [-0.1, -0.05) is 78.4 Å². The van der Waals surface area contributed by atoms with Gasteiger partial charge in [0.2, 0.25) is 0 Å². The molecule has 0 bridgehead atoms. The summed E-state index contributed by atoms with van der Waals surface area (Å²) >= 11 is 1.28. The zero-order chi connectivity index (χ0) is 25.8. The second-order valence-corrected chi connectivity index (χ2v) is 12.2. The SMILES string of the molecule is Cc1ccc(S(=O)(=O)C(C)(CSc2ccc(C(=O)c3ccccc3)cc2)C(=O)c2ccccc2)cc1. The van der Waals surface area contributed by atoms with Crippen LogP contribution in [-0.2, 0) is 9.84 Å². The Hall–Kier alpha value is -3.48. The molecule has 1 atom stereocenters. The van der Waals surface area contributed by atoms with Crippen molar-refractivity contribution in [3.63, 3.8) is 0 Å². The van der Waals surface area contributed by atoms with Crippen molar-refractivity contribution in [3.05, 3.63) is 131 Å². The highest BCUT2D eigenvalue weighted by Crippen LogP contribution is 2.35. The van der Waals surface area contributed by atoms with E-state index in [-0.39, 0.29) is 16.4 Å². The van der Waals surface area contributed by atoms with Crippen LogP contribution < -0.4 is 0 Å². The minimum atomic E-state index is -4.02. The second kappa shape index (κ2) is 10.6. The number of aryl methyl sites for hydroxylation is 1. The number of carbonyl (C=O) groups is 2. The van der Waals surface area contributed by atoms with Gasteiger partial charge in [-0.25, -0.2) is 8.42 Å². The maximum absolute atomic E-state index is 13.8. The lowest BCUT2D eigenvalue weighted by Gasteiger charge is -2.28. The Kier molecular flexibility index (Phi) is 7.57. The fraction of sp³-hybridized carbons (Fsp3) is 0.133. The zero-order valence-electron chi connectivity index (χ0n) is 20.0. The van der Waals surface area contributed by atoms with E-state index < -0.39 is 20.4 Å². The summed E-state index contributed by atoms with van der Waals surface area (Å²) in [5.41, 5.74) is 2.42. The van der Waals surface area contributed by atoms with Crippen LogP contribution in [0.1, 0.15) is 38.8 Å². The molecule has 4 aromatic rings. The van der Waals surface area contributed by atoms with Gasteiger partial charge in [0.05, 0.1) is 4.90 Å². The van der Waals surface area contributed by atoms with Gasteiger partial charge in [0.25, 0.3) is 0 Å². The van der Waals surface area contributed by atoms with Gasteiger partial charge in [0.1, 0.15) is 4.75 Å². The lowest BCUT2D eigenvalue weighted by molar-refractivity contribution is 0.0955. The standard InChI is InChI=1S/C30H26O4S2/c1-22-13-19-27(20-14-22)36(33,34)30(2,29(32)25-11-7-4-8-12-25)21-35-26-17-15-24(16-18-26)28(31)23-9-5-3-6-10-23/h3-20H,21H2,1-2H3. The first-order valence-corrected chi connectivity index (χ1v) is 13.9. The highest BCUT2D eigenvalue weighted by molar-refractivity contribution is 8.01. The fourth-order valence-corrected chi connectivity index (χ4v) is 6.89. The Labute approximate surface area is 216 Å². The van der Waals surface area contributed by atoms with Crippen molar-refractivity contribution in [3.8, 4) is 0 Å². The molecular weight excluding hydrogens is 488 g/mol. The van der Waals surface area contributed by atoms with E-state index in [2.05, 4.69) is 0 Å². The van der Waals surface area contributed by atoms with Crippen molar-refractivity contribution in [1.82, 2.24) is 0 Å². The minimum absolute atomic E-state index is 0.0168. The largest absolute Gasteiger partial charge is 0.292 e. The van der Waals surface area contributed by atoms with Gasteiger partial charge in [-0.3, -0.25) is 9.59 Å². The number of sulfone groups is 1. The van der Waals surface area contributed by atoms with Crippen molar-refractivity contribution < 1.29 is 18.0 Å². The van der Waals surface area contributed by atoms with Crippen LogP contribution in [0.2, 0.25) is 0 Å². The average molecular weight is 515 g/mol. The van der Waals surface area contributed by atoms with Crippen molar-refractivity contribution in [2.24, 2.45) is 0 Å². The van der Waals surface area contributed by atoms with Crippen LogP contribution in [0.15, 0.2) is 119 Å². The molecule has 0 N–H and O–H groups in total. The van der Waals surface area contributed by atoms with E-state index >= 15 is 0 Å². The van der Waals surface area contributed by atoms with Crippen LogP contribution in [0.4, 0.5) is 0 Å². The highest BCUT2D eigenvalue weighted by Gasteiger charge is 2.47. The molecule has 0 radical (unpaired) electrons. The van der Waals surface area contributed by atoms with Gasteiger partial charge in [0, 0.05) is 27.3 Å². The number of ketones is 2. The molecule has 0 aliphatic carbocycles. The Bertz CT molecular complexity index is 1460. The number of hydrogen-bond acceptors (Lipinski definition) is 5. The summed E-state index contributed by atoms with van der Waals surface area (Å²) in [5.74, 6) is -0.520. The lowest BCUT2D eigenvalue weighted by atomic mass is 10.0. The Balaban J connectivity index is 1.63. The van der Waals surface area contributed by atoms with Crippen LogP contribution >= 0.6 is 11.8 Å². The van der Waals surface area contributed by atoms with E-state index in [4.69, 9.17) is 0 Å². The second-order valence-electron chi connectivity index (χ2n) is 8.75. The van der Waals surface area contributed by atoms with Gasteiger partial charge in [-0.05, 0) is 50.2 Å². The Morgan fingerprint density at radius 2 is 1.19 bits per heavy atom. The summed E-state index contributed by atoms with van der Waals surface area (Å²) < 4.78 is 25.9. The number of benzene rings is 4. The minimum Gasteiger partial charge on any atom is -0.292 e. The molecule has 4 nitrogen and oxygen atoms in total. The smallest absolute Gasteiger partial charge is 0.193 e. The third-order valence-electron chi connectivity index (χ3n) is 6.11. The summed E-state index contributed by atoms with van der Waals surface area (Å²) in [7, 11) is -4.02. The van der Waals surface area contributed by atoms with E-state index in [0.29, 0.717) is 16.7 Å². The third-order valence-corrected chi connectivity index (χ3v) is 10.0. The number of thioether (sulfide) groups is 1. The van der Waals surface area contributed by atoms with Crippen LogP contribution in [-0.4, -0.2) is 30.5 Å². The molecule has 0 heterocycles. The van der Waals surface area contributed by atoms with Gasteiger partial charge in [0.15, 0.2) is 21.4 Å².